The molecule has 10 heteroatoms. The number of unbranched alkanes of at least 4 members (excludes halogenated alkanes) is 3. The zero-order valence-electron chi connectivity index (χ0n) is 21.5. The van der Waals surface area contributed by atoms with E-state index in [1.54, 1.807) is 0 Å². The Morgan fingerprint density at radius 3 is 1.76 bits per heavy atom. The molecule has 0 bridgehead atoms. The molecule has 1 nitrogen and oxygen atoms in total. The highest BCUT2D eigenvalue weighted by Gasteiger charge is 2.51. The molecule has 0 heterocycles. The molecule has 3 rings (SSSR count). The normalized spacial score (nSPS) is 14.1. The maximum absolute atomic E-state index is 15.8. The van der Waals surface area contributed by atoms with Crippen LogP contribution in [0.5, 0.6) is 5.75 Å². The van der Waals surface area contributed by atoms with E-state index in [0.29, 0.717) is 12.5 Å². The molecule has 0 saturated carbocycles. The molecule has 0 saturated heterocycles. The van der Waals surface area contributed by atoms with Crippen molar-refractivity contribution in [3.63, 3.8) is 0 Å². The van der Waals surface area contributed by atoms with E-state index in [4.69, 9.17) is 4.43 Å². The SMILES string of the molecule is CCCCCC[Si](Oc1c(F)c(F)c2c(F)c3c(F)[c]c(F)c(F)c3c(F)c2c1F)(C(C)C)C(C)(C)C. The van der Waals surface area contributed by atoms with E-state index in [1.807, 2.05) is 41.5 Å². The second-order valence-corrected chi connectivity index (χ2v) is 15.8. The highest BCUT2D eigenvalue weighted by Crippen LogP contribution is 2.50. The monoisotopic (exact) mass is 549 g/mol. The molecule has 3 aromatic carbocycles. The molecule has 0 aliphatic heterocycles. The number of fused-ring (bicyclic) bond motifs is 2. The van der Waals surface area contributed by atoms with E-state index < -0.39 is 87.2 Å². The Morgan fingerprint density at radius 1 is 0.676 bits per heavy atom. The molecule has 1 unspecified atom stereocenters. The molecule has 0 aromatic heterocycles. The first-order valence-electron chi connectivity index (χ1n) is 12.2. The fourth-order valence-electron chi connectivity index (χ4n) is 5.19. The Balaban J connectivity index is 2.39. The van der Waals surface area contributed by atoms with Crippen LogP contribution in [0.25, 0.3) is 21.5 Å². The van der Waals surface area contributed by atoms with E-state index >= 15 is 22.0 Å². The molecule has 1 atom stereocenters. The Bertz CT molecular complexity index is 1350. The van der Waals surface area contributed by atoms with Crippen molar-refractivity contribution >= 4 is 29.9 Å². The predicted molar refractivity (Wildman–Crippen MR) is 130 cm³/mol. The molecule has 3 aromatic rings. The van der Waals surface area contributed by atoms with Crippen molar-refractivity contribution < 1.29 is 39.5 Å². The Hall–Kier alpha value is -2.36. The van der Waals surface area contributed by atoms with Gasteiger partial charge >= 0.3 is 0 Å². The van der Waals surface area contributed by atoms with E-state index in [2.05, 4.69) is 0 Å². The van der Waals surface area contributed by atoms with Crippen LogP contribution in [0.3, 0.4) is 0 Å². The van der Waals surface area contributed by atoms with Gasteiger partial charge in [0.2, 0.25) is 5.82 Å². The third-order valence-electron chi connectivity index (χ3n) is 7.15. The van der Waals surface area contributed by atoms with Crippen LogP contribution in [0, 0.1) is 52.6 Å². The summed E-state index contributed by atoms with van der Waals surface area (Å²) in [7, 11) is -3.21. The number of halogens is 8. The van der Waals surface area contributed by atoms with Crippen molar-refractivity contribution in [1.82, 2.24) is 0 Å². The van der Waals surface area contributed by atoms with Gasteiger partial charge in [-0.25, -0.2) is 30.7 Å². The number of benzene rings is 3. The highest BCUT2D eigenvalue weighted by molar-refractivity contribution is 6.78. The lowest BCUT2D eigenvalue weighted by Crippen LogP contribution is -2.53. The van der Waals surface area contributed by atoms with Crippen LogP contribution in [0.1, 0.15) is 67.2 Å². The first kappa shape index (κ1) is 29.2. The van der Waals surface area contributed by atoms with Gasteiger partial charge in [-0.05, 0) is 16.6 Å². The molecule has 0 aliphatic carbocycles. The summed E-state index contributed by atoms with van der Waals surface area (Å²) in [5.74, 6) is -16.9. The summed E-state index contributed by atoms with van der Waals surface area (Å²) in [5, 5.41) is -6.77. The molecule has 0 amide bonds. The summed E-state index contributed by atoms with van der Waals surface area (Å²) in [4.78, 5) is 0. The van der Waals surface area contributed by atoms with Gasteiger partial charge in [0.05, 0.1) is 27.6 Å². The van der Waals surface area contributed by atoms with Crippen molar-refractivity contribution in [1.29, 1.82) is 0 Å². The van der Waals surface area contributed by atoms with Gasteiger partial charge in [0.15, 0.2) is 29.0 Å². The second kappa shape index (κ2) is 10.4. The molecule has 0 fully saturated rings. The standard InChI is InChI=1S/C27H29F8OSi/c1-7-8-9-10-11-37(13(2)3,27(4,5)6)36-26-24(34)19-18(23(33)25(26)35)21(31)16-14(28)12-15(29)20(30)17(16)22(19)32/h13H,7-11H2,1-6H3. The fraction of sp³-hybridized carbons (Fsp3) is 0.481. The number of hydrogen-bond acceptors (Lipinski definition) is 1. The first-order chi connectivity index (χ1) is 17.1. The Labute approximate surface area is 211 Å². The second-order valence-electron chi connectivity index (χ2n) is 10.7. The Morgan fingerprint density at radius 2 is 1.22 bits per heavy atom. The van der Waals surface area contributed by atoms with E-state index in [0.717, 1.165) is 19.3 Å². The minimum absolute atomic E-state index is 0.235. The van der Waals surface area contributed by atoms with Crippen LogP contribution in [-0.2, 0) is 0 Å². The van der Waals surface area contributed by atoms with Crippen molar-refractivity contribution in [2.24, 2.45) is 0 Å². The van der Waals surface area contributed by atoms with Crippen molar-refractivity contribution in [2.45, 2.75) is 83.8 Å². The maximum Gasteiger partial charge on any atom is 0.259 e. The third kappa shape index (κ3) is 4.70. The van der Waals surface area contributed by atoms with Crippen molar-refractivity contribution in [3.8, 4) is 5.75 Å². The van der Waals surface area contributed by atoms with Gasteiger partial charge in [-0.2, -0.15) is 4.39 Å². The quantitative estimate of drug-likeness (QED) is 0.0893. The lowest BCUT2D eigenvalue weighted by atomic mass is 9.99. The summed E-state index contributed by atoms with van der Waals surface area (Å²) < 4.78 is 125. The largest absolute Gasteiger partial charge is 0.539 e. The van der Waals surface area contributed by atoms with Gasteiger partial charge in [0.1, 0.15) is 17.5 Å². The van der Waals surface area contributed by atoms with Crippen molar-refractivity contribution in [3.05, 3.63) is 52.6 Å². The van der Waals surface area contributed by atoms with Gasteiger partial charge in [-0.1, -0.05) is 67.2 Å². The van der Waals surface area contributed by atoms with Crippen LogP contribution in [-0.4, -0.2) is 8.32 Å². The van der Waals surface area contributed by atoms with E-state index in [1.165, 1.54) is 6.07 Å². The minimum Gasteiger partial charge on any atom is -0.539 e. The maximum atomic E-state index is 15.8. The van der Waals surface area contributed by atoms with Gasteiger partial charge in [-0.15, -0.1) is 0 Å². The average molecular weight is 550 g/mol. The van der Waals surface area contributed by atoms with Crippen LogP contribution < -0.4 is 4.43 Å². The number of rotatable bonds is 8. The molecule has 203 valence electrons. The van der Waals surface area contributed by atoms with E-state index in [-0.39, 0.29) is 5.54 Å². The lowest BCUT2D eigenvalue weighted by Gasteiger charge is -2.45. The molecular weight excluding hydrogens is 520 g/mol. The third-order valence-corrected chi connectivity index (χ3v) is 13.2. The molecule has 1 radical (unpaired) electrons. The predicted octanol–water partition coefficient (Wildman–Crippen LogP) is 10.0. The molecule has 0 spiro atoms. The van der Waals surface area contributed by atoms with Gasteiger partial charge in [-0.3, -0.25) is 0 Å². The minimum atomic E-state index is -3.21. The highest BCUT2D eigenvalue weighted by atomic mass is 28.4. The summed E-state index contributed by atoms with van der Waals surface area (Å²) in [6.45, 7) is 11.1. The van der Waals surface area contributed by atoms with Crippen molar-refractivity contribution in [2.75, 3.05) is 0 Å². The topological polar surface area (TPSA) is 9.23 Å². The summed E-state index contributed by atoms with van der Waals surface area (Å²) in [5.41, 5.74) is -0.235. The Kier molecular flexibility index (Phi) is 8.22. The molecule has 0 N–H and O–H groups in total. The fourth-order valence-corrected chi connectivity index (χ4v) is 10.2. The zero-order chi connectivity index (χ0) is 28.0. The average Bonchev–Trinajstić information content (AvgIpc) is 2.80. The van der Waals surface area contributed by atoms with Gasteiger partial charge in [0, 0.05) is 0 Å². The summed E-state index contributed by atoms with van der Waals surface area (Å²) in [6.07, 6.45) is 3.37. The van der Waals surface area contributed by atoms with Gasteiger partial charge < -0.3 is 4.43 Å². The molecule has 0 aliphatic rings. The van der Waals surface area contributed by atoms with Crippen LogP contribution in [0.4, 0.5) is 35.1 Å². The van der Waals surface area contributed by atoms with Crippen LogP contribution >= 0.6 is 0 Å². The van der Waals surface area contributed by atoms with Crippen LogP contribution in [0.2, 0.25) is 16.6 Å². The molecule has 37 heavy (non-hydrogen) atoms. The smallest absolute Gasteiger partial charge is 0.259 e. The lowest BCUT2D eigenvalue weighted by molar-refractivity contribution is 0.386. The molecular formula is C27H29F8OSi. The number of hydrogen-bond donors (Lipinski definition) is 0. The first-order valence-corrected chi connectivity index (χ1v) is 14.4. The van der Waals surface area contributed by atoms with Crippen LogP contribution in [0.15, 0.2) is 0 Å². The summed E-state index contributed by atoms with van der Waals surface area (Å²) in [6, 6.07) is 1.67. The van der Waals surface area contributed by atoms with Gasteiger partial charge in [0.25, 0.3) is 8.32 Å². The summed E-state index contributed by atoms with van der Waals surface area (Å²) >= 11 is 0. The van der Waals surface area contributed by atoms with E-state index in [9.17, 15) is 13.2 Å². The zero-order valence-corrected chi connectivity index (χ0v) is 22.5.